The van der Waals surface area contributed by atoms with Gasteiger partial charge < -0.3 is 20.0 Å². The summed E-state index contributed by atoms with van der Waals surface area (Å²) in [5, 5.41) is 17.5. The van der Waals surface area contributed by atoms with Crippen molar-refractivity contribution in [3.05, 3.63) is 29.3 Å². The van der Waals surface area contributed by atoms with E-state index in [0.29, 0.717) is 13.2 Å². The maximum absolute atomic E-state index is 9.96. The molecular weight excluding hydrogens is 292 g/mol. The molecule has 0 aromatic heterocycles. The molecule has 1 aromatic rings. The molecule has 0 saturated heterocycles. The minimum Gasteiger partial charge on any atom is -0.493 e. The lowest BCUT2D eigenvalue weighted by Gasteiger charge is -2.22. The molecular formula is C18H28N2O3. The number of nitrogens with one attached hydrogen (secondary N) is 1. The van der Waals surface area contributed by atoms with Crippen LogP contribution < -0.4 is 10.1 Å². The molecule has 0 saturated carbocycles. The molecule has 128 valence electrons. The number of hydrogen-bond donors (Lipinski definition) is 2. The van der Waals surface area contributed by atoms with Crippen molar-refractivity contribution >= 4 is 5.71 Å². The topological polar surface area (TPSA) is 63.1 Å². The lowest BCUT2D eigenvalue weighted by Crippen LogP contribution is -2.42. The number of ether oxygens (including phenoxy) is 1. The van der Waals surface area contributed by atoms with Gasteiger partial charge >= 0.3 is 0 Å². The predicted molar refractivity (Wildman–Crippen MR) is 92.2 cm³/mol. The normalized spacial score (nSPS) is 18.0. The first-order valence-electron chi connectivity index (χ1n) is 8.21. The summed E-state index contributed by atoms with van der Waals surface area (Å²) in [5.41, 5.74) is 3.01. The molecule has 1 aliphatic rings. The maximum Gasteiger partial charge on any atom is 0.144 e. The van der Waals surface area contributed by atoms with Gasteiger partial charge in [-0.3, -0.25) is 0 Å². The van der Waals surface area contributed by atoms with E-state index in [-0.39, 0.29) is 12.1 Å². The van der Waals surface area contributed by atoms with Gasteiger partial charge in [0.2, 0.25) is 0 Å². The van der Waals surface area contributed by atoms with Gasteiger partial charge in [-0.05, 0) is 52.7 Å². The molecule has 1 aliphatic heterocycles. The summed E-state index contributed by atoms with van der Waals surface area (Å²) in [6, 6.07) is 6.08. The number of aliphatic hydroxyl groups excluding tert-OH is 1. The SMILES string of the molecule is Cc1ccc2c(c1)/C(=N/OCC(O)CNC(C)(C)C)CCCO2. The first-order valence-corrected chi connectivity index (χ1v) is 8.21. The Bertz CT molecular complexity index is 550. The molecule has 5 heteroatoms. The van der Waals surface area contributed by atoms with Crippen LogP contribution in [0.1, 0.15) is 44.7 Å². The van der Waals surface area contributed by atoms with Gasteiger partial charge in [-0.25, -0.2) is 0 Å². The summed E-state index contributed by atoms with van der Waals surface area (Å²) in [4.78, 5) is 5.39. The third kappa shape index (κ3) is 5.84. The standard InChI is InChI=1S/C18H28N2O3/c1-13-7-8-17-15(10-13)16(6-5-9-22-17)20-23-12-14(21)11-19-18(2,3)4/h7-8,10,14,19,21H,5-6,9,11-12H2,1-4H3/b20-16+. The van der Waals surface area contributed by atoms with E-state index in [1.54, 1.807) is 0 Å². The second-order valence-corrected chi connectivity index (χ2v) is 7.07. The Hall–Kier alpha value is -1.59. The highest BCUT2D eigenvalue weighted by Crippen LogP contribution is 2.25. The quantitative estimate of drug-likeness (QED) is 0.819. The van der Waals surface area contributed by atoms with Crippen LogP contribution in [0.25, 0.3) is 0 Å². The van der Waals surface area contributed by atoms with Crippen LogP contribution in [0.15, 0.2) is 23.4 Å². The highest BCUT2D eigenvalue weighted by atomic mass is 16.6. The predicted octanol–water partition coefficient (Wildman–Crippen LogP) is 2.64. The second kappa shape index (κ2) is 7.79. The average molecular weight is 320 g/mol. The van der Waals surface area contributed by atoms with E-state index in [0.717, 1.165) is 35.4 Å². The highest BCUT2D eigenvalue weighted by Gasteiger charge is 2.17. The van der Waals surface area contributed by atoms with Gasteiger partial charge in [0.1, 0.15) is 18.5 Å². The third-order valence-corrected chi connectivity index (χ3v) is 3.57. The number of benzene rings is 1. The molecule has 2 N–H and O–H groups in total. The lowest BCUT2D eigenvalue weighted by atomic mass is 10.0. The van der Waals surface area contributed by atoms with Crippen molar-refractivity contribution < 1.29 is 14.7 Å². The van der Waals surface area contributed by atoms with Gasteiger partial charge in [0.05, 0.1) is 12.3 Å². The molecule has 1 unspecified atom stereocenters. The summed E-state index contributed by atoms with van der Waals surface area (Å²) < 4.78 is 5.74. The number of aliphatic hydroxyl groups is 1. The summed E-state index contributed by atoms with van der Waals surface area (Å²) in [5.74, 6) is 0.852. The Kier molecular flexibility index (Phi) is 6.02. The van der Waals surface area contributed by atoms with Crippen LogP contribution in [0.4, 0.5) is 0 Å². The van der Waals surface area contributed by atoms with E-state index < -0.39 is 6.10 Å². The van der Waals surface area contributed by atoms with Crippen LogP contribution in [0.3, 0.4) is 0 Å². The van der Waals surface area contributed by atoms with E-state index >= 15 is 0 Å². The number of oxime groups is 1. The first kappa shape index (κ1) is 17.8. The van der Waals surface area contributed by atoms with Crippen LogP contribution >= 0.6 is 0 Å². The van der Waals surface area contributed by atoms with E-state index in [1.165, 1.54) is 0 Å². The number of fused-ring (bicyclic) bond motifs is 1. The highest BCUT2D eigenvalue weighted by molar-refractivity contribution is 6.03. The molecule has 0 radical (unpaired) electrons. The van der Waals surface area contributed by atoms with Crippen molar-refractivity contribution in [1.82, 2.24) is 5.32 Å². The van der Waals surface area contributed by atoms with Crippen molar-refractivity contribution in [2.45, 2.75) is 52.2 Å². The summed E-state index contributed by atoms with van der Waals surface area (Å²) in [6.45, 7) is 9.57. The van der Waals surface area contributed by atoms with Gasteiger partial charge in [-0.15, -0.1) is 0 Å². The fourth-order valence-corrected chi connectivity index (χ4v) is 2.33. The number of nitrogens with zero attached hydrogens (tertiary/aromatic N) is 1. The van der Waals surface area contributed by atoms with E-state index in [2.05, 4.69) is 37.3 Å². The molecule has 1 aromatic carbocycles. The number of β-amino-alcohol motifs (C(OH)–C–C–N with tert-alkyl or cyclic N) is 1. The molecule has 0 aliphatic carbocycles. The lowest BCUT2D eigenvalue weighted by molar-refractivity contribution is 0.0371. The molecule has 0 amide bonds. The van der Waals surface area contributed by atoms with Crippen molar-refractivity contribution in [2.24, 2.45) is 5.16 Å². The first-order chi connectivity index (χ1) is 10.8. The van der Waals surface area contributed by atoms with E-state index in [4.69, 9.17) is 9.57 Å². The van der Waals surface area contributed by atoms with Crippen molar-refractivity contribution in [3.8, 4) is 5.75 Å². The van der Waals surface area contributed by atoms with Crippen molar-refractivity contribution in [1.29, 1.82) is 0 Å². The smallest absolute Gasteiger partial charge is 0.144 e. The second-order valence-electron chi connectivity index (χ2n) is 7.07. The zero-order chi connectivity index (χ0) is 16.9. The molecule has 0 spiro atoms. The van der Waals surface area contributed by atoms with Crippen molar-refractivity contribution in [2.75, 3.05) is 19.8 Å². The van der Waals surface area contributed by atoms with Crippen LogP contribution in [0.2, 0.25) is 0 Å². The zero-order valence-electron chi connectivity index (χ0n) is 14.6. The number of rotatable bonds is 5. The number of aryl methyl sites for hydroxylation is 1. The van der Waals surface area contributed by atoms with Gasteiger partial charge in [-0.1, -0.05) is 16.8 Å². The summed E-state index contributed by atoms with van der Waals surface area (Å²) in [7, 11) is 0. The van der Waals surface area contributed by atoms with Gasteiger partial charge in [-0.2, -0.15) is 0 Å². The Balaban J connectivity index is 1.96. The van der Waals surface area contributed by atoms with E-state index in [1.807, 2.05) is 19.1 Å². The molecule has 1 heterocycles. The minimum atomic E-state index is -0.586. The molecule has 0 fully saturated rings. The van der Waals surface area contributed by atoms with Crippen LogP contribution in [0.5, 0.6) is 5.75 Å². The summed E-state index contributed by atoms with van der Waals surface area (Å²) in [6.07, 6.45) is 1.13. The Morgan fingerprint density at radius 2 is 2.17 bits per heavy atom. The van der Waals surface area contributed by atoms with Crippen LogP contribution in [-0.2, 0) is 4.84 Å². The van der Waals surface area contributed by atoms with Gasteiger partial charge in [0, 0.05) is 17.6 Å². The Morgan fingerprint density at radius 1 is 1.39 bits per heavy atom. The largest absolute Gasteiger partial charge is 0.493 e. The maximum atomic E-state index is 9.96. The van der Waals surface area contributed by atoms with Crippen LogP contribution in [0, 0.1) is 6.92 Å². The van der Waals surface area contributed by atoms with Gasteiger partial charge in [0.15, 0.2) is 0 Å². The molecule has 23 heavy (non-hydrogen) atoms. The van der Waals surface area contributed by atoms with E-state index in [9.17, 15) is 5.11 Å². The Morgan fingerprint density at radius 3 is 2.91 bits per heavy atom. The van der Waals surface area contributed by atoms with Crippen LogP contribution in [-0.4, -0.2) is 42.2 Å². The zero-order valence-corrected chi connectivity index (χ0v) is 14.6. The molecule has 5 nitrogen and oxygen atoms in total. The van der Waals surface area contributed by atoms with Gasteiger partial charge in [0.25, 0.3) is 0 Å². The Labute approximate surface area is 138 Å². The molecule has 1 atom stereocenters. The third-order valence-electron chi connectivity index (χ3n) is 3.57. The molecule has 2 rings (SSSR count). The fourth-order valence-electron chi connectivity index (χ4n) is 2.33. The fraction of sp³-hybridized carbons (Fsp3) is 0.611. The summed E-state index contributed by atoms with van der Waals surface area (Å²) >= 11 is 0. The van der Waals surface area contributed by atoms with Crippen molar-refractivity contribution in [3.63, 3.8) is 0 Å². The average Bonchev–Trinajstić information content (AvgIpc) is 2.67. The number of hydrogen-bond acceptors (Lipinski definition) is 5. The molecule has 0 bridgehead atoms. The monoisotopic (exact) mass is 320 g/mol. The minimum absolute atomic E-state index is 0.0258.